The van der Waals surface area contributed by atoms with Gasteiger partial charge in [-0.2, -0.15) is 0 Å². The molecule has 1 unspecified atom stereocenters. The lowest BCUT2D eigenvalue weighted by atomic mass is 10.0. The highest BCUT2D eigenvalue weighted by molar-refractivity contribution is 7.12. The molecule has 0 radical (unpaired) electrons. The molecule has 1 amide bonds. The highest BCUT2D eigenvalue weighted by Gasteiger charge is 2.23. The number of carbonyl (C=O) groups excluding carboxylic acids is 3. The number of thiophene rings is 1. The minimum absolute atomic E-state index is 0.0126. The number of piperidine rings is 1. The van der Waals surface area contributed by atoms with E-state index in [9.17, 15) is 14.4 Å². The molecule has 2 aromatic rings. The summed E-state index contributed by atoms with van der Waals surface area (Å²) in [4.78, 5) is 39.3. The van der Waals surface area contributed by atoms with Crippen molar-refractivity contribution in [3.8, 4) is 5.75 Å². The summed E-state index contributed by atoms with van der Waals surface area (Å²) >= 11 is 1.38. The maximum atomic E-state index is 12.3. The molecule has 1 atom stereocenters. The number of rotatable bonds is 10. The number of nitrogens with zero attached hydrogens (tertiary/aromatic N) is 1. The number of nitrogens with one attached hydrogen (secondary N) is 1. The van der Waals surface area contributed by atoms with Crippen LogP contribution < -0.4 is 15.0 Å². The van der Waals surface area contributed by atoms with E-state index in [1.165, 1.54) is 11.3 Å². The van der Waals surface area contributed by atoms with E-state index in [1.807, 2.05) is 35.7 Å². The van der Waals surface area contributed by atoms with Crippen LogP contribution in [0.4, 0.5) is 5.69 Å². The van der Waals surface area contributed by atoms with Gasteiger partial charge < -0.3 is 15.0 Å². The monoisotopic (exact) mass is 428 g/mol. The maximum absolute atomic E-state index is 12.3. The van der Waals surface area contributed by atoms with Gasteiger partial charge in [0.1, 0.15) is 11.5 Å². The van der Waals surface area contributed by atoms with E-state index in [4.69, 9.17) is 4.74 Å². The molecule has 0 aliphatic carbocycles. The maximum Gasteiger partial charge on any atom is 0.220 e. The molecule has 30 heavy (non-hydrogen) atoms. The van der Waals surface area contributed by atoms with E-state index in [2.05, 4.69) is 10.2 Å². The van der Waals surface area contributed by atoms with E-state index < -0.39 is 0 Å². The van der Waals surface area contributed by atoms with Crippen molar-refractivity contribution in [3.05, 3.63) is 46.7 Å². The second-order valence-corrected chi connectivity index (χ2v) is 8.41. The molecule has 0 bridgehead atoms. The van der Waals surface area contributed by atoms with Crippen molar-refractivity contribution in [1.82, 2.24) is 5.32 Å². The molecule has 1 aromatic heterocycles. The average Bonchev–Trinajstić information content (AvgIpc) is 3.31. The number of methoxy groups -OCH3 is 1. The summed E-state index contributed by atoms with van der Waals surface area (Å²) in [5.41, 5.74) is 1.03. The number of benzene rings is 1. The van der Waals surface area contributed by atoms with Crippen LogP contribution in [0.3, 0.4) is 0 Å². The van der Waals surface area contributed by atoms with Gasteiger partial charge in [-0.3, -0.25) is 14.4 Å². The smallest absolute Gasteiger partial charge is 0.220 e. The van der Waals surface area contributed by atoms with Crippen LogP contribution in [0, 0.1) is 0 Å². The predicted molar refractivity (Wildman–Crippen MR) is 118 cm³/mol. The fourth-order valence-corrected chi connectivity index (χ4v) is 4.39. The lowest BCUT2D eigenvalue weighted by Gasteiger charge is -2.35. The van der Waals surface area contributed by atoms with Crippen LogP contribution >= 0.6 is 11.3 Å². The van der Waals surface area contributed by atoms with E-state index in [0.29, 0.717) is 4.88 Å². The van der Waals surface area contributed by atoms with E-state index >= 15 is 0 Å². The second-order valence-electron chi connectivity index (χ2n) is 7.46. The van der Waals surface area contributed by atoms with E-state index in [1.54, 1.807) is 13.2 Å². The molecule has 1 saturated heterocycles. The van der Waals surface area contributed by atoms with Crippen LogP contribution in [0.25, 0.3) is 0 Å². The van der Waals surface area contributed by atoms with Crippen molar-refractivity contribution in [2.75, 3.05) is 25.1 Å². The lowest BCUT2D eigenvalue weighted by molar-refractivity contribution is -0.125. The largest absolute Gasteiger partial charge is 0.495 e. The summed E-state index contributed by atoms with van der Waals surface area (Å²) in [6, 6.07) is 11.5. The van der Waals surface area contributed by atoms with Crippen LogP contribution in [0.15, 0.2) is 41.8 Å². The Bertz CT molecular complexity index is 866. The molecule has 1 N–H and O–H groups in total. The second kappa shape index (κ2) is 10.9. The molecule has 1 fully saturated rings. The molecule has 1 aliphatic rings. The van der Waals surface area contributed by atoms with Gasteiger partial charge in [0.2, 0.25) is 5.91 Å². The fourth-order valence-electron chi connectivity index (χ4n) is 3.70. The van der Waals surface area contributed by atoms with Gasteiger partial charge >= 0.3 is 0 Å². The molecule has 2 heterocycles. The fraction of sp³-hybridized carbons (Fsp3) is 0.435. The highest BCUT2D eigenvalue weighted by Crippen LogP contribution is 2.29. The van der Waals surface area contributed by atoms with Crippen molar-refractivity contribution in [1.29, 1.82) is 0 Å². The van der Waals surface area contributed by atoms with Crippen molar-refractivity contribution in [2.45, 2.75) is 44.6 Å². The number of ether oxygens (including phenoxy) is 1. The molecule has 160 valence electrons. The van der Waals surface area contributed by atoms with Crippen molar-refractivity contribution in [2.24, 2.45) is 0 Å². The summed E-state index contributed by atoms with van der Waals surface area (Å²) in [5, 5.41) is 4.91. The zero-order chi connectivity index (χ0) is 21.3. The summed E-state index contributed by atoms with van der Waals surface area (Å²) in [6.45, 7) is 1.64. The van der Waals surface area contributed by atoms with Crippen molar-refractivity contribution < 1.29 is 19.1 Å². The third-order valence-corrected chi connectivity index (χ3v) is 6.18. The molecule has 6 nitrogen and oxygen atoms in total. The molecule has 0 saturated carbocycles. The first kappa shape index (κ1) is 22.0. The number of ketones is 2. The Morgan fingerprint density at radius 3 is 2.67 bits per heavy atom. The quantitative estimate of drug-likeness (QED) is 0.582. The van der Waals surface area contributed by atoms with Crippen molar-refractivity contribution >= 4 is 34.5 Å². The van der Waals surface area contributed by atoms with Gasteiger partial charge in [0.25, 0.3) is 0 Å². The van der Waals surface area contributed by atoms with Crippen molar-refractivity contribution in [3.63, 3.8) is 0 Å². The van der Waals surface area contributed by atoms with Crippen LogP contribution in [-0.2, 0) is 9.59 Å². The number of para-hydroxylation sites is 2. The van der Waals surface area contributed by atoms with Gasteiger partial charge in [0.15, 0.2) is 5.78 Å². The Hall–Kier alpha value is -2.67. The topological polar surface area (TPSA) is 75.7 Å². The third-order valence-electron chi connectivity index (χ3n) is 5.27. The predicted octanol–water partition coefficient (Wildman–Crippen LogP) is 3.85. The van der Waals surface area contributed by atoms with Gasteiger partial charge in [0.05, 0.1) is 17.7 Å². The first-order valence-electron chi connectivity index (χ1n) is 10.3. The molecule has 1 aromatic carbocycles. The Labute approximate surface area is 181 Å². The summed E-state index contributed by atoms with van der Waals surface area (Å²) in [6.07, 6.45) is 2.63. The van der Waals surface area contributed by atoms with Gasteiger partial charge in [-0.1, -0.05) is 18.2 Å². The molecule has 3 rings (SSSR count). The minimum atomic E-state index is -0.111. The molecular formula is C23H28N2O4S. The number of anilines is 1. The Morgan fingerprint density at radius 1 is 1.10 bits per heavy atom. The van der Waals surface area contributed by atoms with Crippen LogP contribution in [0.2, 0.25) is 0 Å². The lowest BCUT2D eigenvalue weighted by Crippen LogP contribution is -2.48. The van der Waals surface area contributed by atoms with Gasteiger partial charge in [-0.15, -0.1) is 11.3 Å². The summed E-state index contributed by atoms with van der Waals surface area (Å²) in [5.74, 6) is 0.655. The van der Waals surface area contributed by atoms with Crippen LogP contribution in [0.1, 0.15) is 48.2 Å². The highest BCUT2D eigenvalue weighted by atomic mass is 32.1. The number of Topliss-reactive ketones (excluding diaryl/α,β-unsaturated/α-hetero) is 2. The SMILES string of the molecule is COc1ccccc1N1CCCC(NC(=O)CCC(=O)CCC(=O)c2cccs2)C1. The number of carbonyl (C=O) groups is 3. The minimum Gasteiger partial charge on any atom is -0.495 e. The first-order valence-corrected chi connectivity index (χ1v) is 11.2. The Morgan fingerprint density at radius 2 is 1.90 bits per heavy atom. The zero-order valence-corrected chi connectivity index (χ0v) is 18.1. The normalized spacial score (nSPS) is 16.2. The molecule has 1 aliphatic heterocycles. The number of hydrogen-bond acceptors (Lipinski definition) is 6. The number of amides is 1. The van der Waals surface area contributed by atoms with Crippen LogP contribution in [0.5, 0.6) is 5.75 Å². The number of hydrogen-bond donors (Lipinski definition) is 1. The van der Waals surface area contributed by atoms with E-state index in [-0.39, 0.29) is 49.2 Å². The Balaban J connectivity index is 1.41. The Kier molecular flexibility index (Phi) is 8.02. The molecular weight excluding hydrogens is 400 g/mol. The van der Waals surface area contributed by atoms with Crippen LogP contribution in [-0.4, -0.2) is 43.7 Å². The first-order chi connectivity index (χ1) is 14.6. The third kappa shape index (κ3) is 6.16. The van der Waals surface area contributed by atoms with Gasteiger partial charge in [0, 0.05) is 44.8 Å². The summed E-state index contributed by atoms with van der Waals surface area (Å²) < 4.78 is 5.45. The molecule has 7 heteroatoms. The average molecular weight is 429 g/mol. The zero-order valence-electron chi connectivity index (χ0n) is 17.3. The van der Waals surface area contributed by atoms with E-state index in [0.717, 1.165) is 37.4 Å². The molecule has 0 spiro atoms. The van der Waals surface area contributed by atoms with Gasteiger partial charge in [-0.05, 0) is 36.4 Å². The van der Waals surface area contributed by atoms with Gasteiger partial charge in [-0.25, -0.2) is 0 Å². The standard InChI is InChI=1S/C23H28N2O4S/c1-29-21-8-3-2-7-19(21)25-14-4-6-17(16-25)24-23(28)13-11-18(26)10-12-20(27)22-9-5-15-30-22/h2-3,5,7-9,15,17H,4,6,10-14,16H2,1H3,(H,24,28). The summed E-state index contributed by atoms with van der Waals surface area (Å²) in [7, 11) is 1.66.